The summed E-state index contributed by atoms with van der Waals surface area (Å²) in [6.45, 7) is 19.4. The number of hydrogen-bond acceptors (Lipinski definition) is 3. The normalized spacial score (nSPS) is 13.3. The molecule has 0 bridgehead atoms. The van der Waals surface area contributed by atoms with Gasteiger partial charge in [-0.15, -0.1) is 0 Å². The van der Waals surface area contributed by atoms with Crippen LogP contribution in [-0.2, 0) is 0 Å². The maximum absolute atomic E-state index is 3.67. The topological polar surface area (TPSA) is 36.1 Å². The van der Waals surface area contributed by atoms with E-state index in [9.17, 15) is 0 Å². The van der Waals surface area contributed by atoms with Crippen LogP contribution < -0.4 is 16.0 Å². The van der Waals surface area contributed by atoms with Crippen molar-refractivity contribution in [1.82, 2.24) is 5.32 Å². The second kappa shape index (κ2) is 9.27. The first-order chi connectivity index (χ1) is 12.7. The number of hydrogen-bond donors (Lipinski definition) is 3. The molecule has 0 aliphatic heterocycles. The van der Waals surface area contributed by atoms with Crippen LogP contribution in [0.3, 0.4) is 0 Å². The molecule has 0 amide bonds. The largest absolute Gasteiger partial charge is 0.381 e. The predicted molar refractivity (Wildman–Crippen MR) is 120 cm³/mol. The predicted octanol–water partition coefficient (Wildman–Crippen LogP) is 5.43. The molecule has 0 radical (unpaired) electrons. The van der Waals surface area contributed by atoms with Crippen LogP contribution in [0.25, 0.3) is 0 Å². The van der Waals surface area contributed by atoms with Crippen molar-refractivity contribution in [2.24, 2.45) is 0 Å². The summed E-state index contributed by atoms with van der Waals surface area (Å²) in [5, 5.41) is 10.9. The third-order valence-electron chi connectivity index (χ3n) is 5.04. The van der Waals surface area contributed by atoms with Crippen LogP contribution in [0.4, 0.5) is 11.4 Å². The van der Waals surface area contributed by atoms with Gasteiger partial charge < -0.3 is 16.0 Å². The van der Waals surface area contributed by atoms with E-state index in [1.165, 1.54) is 44.8 Å². The van der Waals surface area contributed by atoms with Gasteiger partial charge in [-0.05, 0) is 77.6 Å². The maximum Gasteiger partial charge on any atom is 0.0402 e. The quantitative estimate of drug-likeness (QED) is 0.582. The van der Waals surface area contributed by atoms with E-state index in [-0.39, 0.29) is 0 Å². The molecule has 0 aliphatic carbocycles. The molecule has 0 spiro atoms. The molecule has 3 N–H and O–H groups in total. The standard InChI is InChI=1S/C24H37N3/c1-15-9-17(3)23(18(4)10-15)26-21(7)13-25-14-22(8)27-24-19(5)11-16(2)12-20(24)6/h9-12,21-22,25-27H,13-14H2,1-8H3. The van der Waals surface area contributed by atoms with E-state index in [1.54, 1.807) is 0 Å². The lowest BCUT2D eigenvalue weighted by Crippen LogP contribution is -2.37. The monoisotopic (exact) mass is 367 g/mol. The van der Waals surface area contributed by atoms with E-state index < -0.39 is 0 Å². The SMILES string of the molecule is Cc1cc(C)c(NC(C)CNCC(C)Nc2c(C)cc(C)cc2C)c(C)c1. The third-order valence-corrected chi connectivity index (χ3v) is 5.04. The Bertz CT molecular complexity index is 668. The summed E-state index contributed by atoms with van der Waals surface area (Å²) in [4.78, 5) is 0. The highest BCUT2D eigenvalue weighted by Gasteiger charge is 2.10. The molecule has 2 atom stereocenters. The van der Waals surface area contributed by atoms with Gasteiger partial charge >= 0.3 is 0 Å². The highest BCUT2D eigenvalue weighted by Crippen LogP contribution is 2.23. The Hall–Kier alpha value is -2.00. The van der Waals surface area contributed by atoms with E-state index in [0.29, 0.717) is 12.1 Å². The van der Waals surface area contributed by atoms with E-state index in [1.807, 2.05) is 0 Å². The summed E-state index contributed by atoms with van der Waals surface area (Å²) in [5.74, 6) is 0. The van der Waals surface area contributed by atoms with Crippen LogP contribution in [0.5, 0.6) is 0 Å². The van der Waals surface area contributed by atoms with Gasteiger partial charge in [0.2, 0.25) is 0 Å². The van der Waals surface area contributed by atoms with Gasteiger partial charge in [0.05, 0.1) is 0 Å². The third kappa shape index (κ3) is 6.00. The lowest BCUT2D eigenvalue weighted by atomic mass is 10.0. The van der Waals surface area contributed by atoms with Crippen molar-refractivity contribution in [3.05, 3.63) is 57.6 Å². The molecule has 3 heteroatoms. The Morgan fingerprint density at radius 1 is 0.593 bits per heavy atom. The zero-order valence-corrected chi connectivity index (χ0v) is 18.4. The van der Waals surface area contributed by atoms with Crippen molar-refractivity contribution in [2.45, 2.75) is 67.5 Å². The van der Waals surface area contributed by atoms with Crippen molar-refractivity contribution in [3.8, 4) is 0 Å². The Labute approximate surface area is 166 Å². The van der Waals surface area contributed by atoms with Crippen molar-refractivity contribution >= 4 is 11.4 Å². The smallest absolute Gasteiger partial charge is 0.0402 e. The molecule has 2 aromatic carbocycles. The van der Waals surface area contributed by atoms with Crippen molar-refractivity contribution in [1.29, 1.82) is 0 Å². The van der Waals surface area contributed by atoms with E-state index in [4.69, 9.17) is 0 Å². The highest BCUT2D eigenvalue weighted by atomic mass is 15.0. The minimum absolute atomic E-state index is 0.375. The molecule has 2 unspecified atom stereocenters. The fraction of sp³-hybridized carbons (Fsp3) is 0.500. The van der Waals surface area contributed by atoms with Crippen LogP contribution in [0.1, 0.15) is 47.2 Å². The van der Waals surface area contributed by atoms with Crippen LogP contribution >= 0.6 is 0 Å². The maximum atomic E-state index is 3.67. The lowest BCUT2D eigenvalue weighted by Gasteiger charge is -2.23. The summed E-state index contributed by atoms with van der Waals surface area (Å²) in [7, 11) is 0. The molecule has 0 fully saturated rings. The molecular formula is C24H37N3. The average Bonchev–Trinajstić information content (AvgIpc) is 2.54. The van der Waals surface area contributed by atoms with Gasteiger partial charge in [-0.1, -0.05) is 35.4 Å². The van der Waals surface area contributed by atoms with E-state index in [0.717, 1.165) is 13.1 Å². The Balaban J connectivity index is 1.84. The van der Waals surface area contributed by atoms with Crippen LogP contribution in [0, 0.1) is 41.5 Å². The minimum atomic E-state index is 0.375. The van der Waals surface area contributed by atoms with Crippen molar-refractivity contribution in [2.75, 3.05) is 23.7 Å². The molecule has 148 valence electrons. The van der Waals surface area contributed by atoms with Gasteiger partial charge in [0, 0.05) is 36.5 Å². The number of anilines is 2. The Kier molecular flexibility index (Phi) is 7.32. The first-order valence-electron chi connectivity index (χ1n) is 10.1. The summed E-state index contributed by atoms with van der Waals surface area (Å²) < 4.78 is 0. The Morgan fingerprint density at radius 3 is 1.19 bits per heavy atom. The molecule has 0 saturated heterocycles. The number of benzene rings is 2. The molecule has 3 nitrogen and oxygen atoms in total. The van der Waals surface area contributed by atoms with Crippen LogP contribution in [-0.4, -0.2) is 25.2 Å². The molecule has 2 rings (SSSR count). The first-order valence-corrected chi connectivity index (χ1v) is 10.1. The van der Waals surface area contributed by atoms with Gasteiger partial charge in [0.1, 0.15) is 0 Å². The average molecular weight is 368 g/mol. The van der Waals surface area contributed by atoms with Crippen LogP contribution in [0.2, 0.25) is 0 Å². The second-order valence-corrected chi connectivity index (χ2v) is 8.30. The van der Waals surface area contributed by atoms with Gasteiger partial charge in [0.15, 0.2) is 0 Å². The Morgan fingerprint density at radius 2 is 0.889 bits per heavy atom. The number of nitrogens with one attached hydrogen (secondary N) is 3. The summed E-state index contributed by atoms with van der Waals surface area (Å²) >= 11 is 0. The summed E-state index contributed by atoms with van der Waals surface area (Å²) in [6, 6.07) is 9.73. The van der Waals surface area contributed by atoms with Gasteiger partial charge in [-0.2, -0.15) is 0 Å². The molecule has 2 aromatic rings. The zero-order chi connectivity index (χ0) is 20.1. The summed E-state index contributed by atoms with van der Waals surface area (Å²) in [5.41, 5.74) is 10.5. The fourth-order valence-electron chi connectivity index (χ4n) is 3.93. The number of rotatable bonds is 8. The van der Waals surface area contributed by atoms with Gasteiger partial charge in [0.25, 0.3) is 0 Å². The first kappa shape index (κ1) is 21.3. The molecule has 0 saturated carbocycles. The molecule has 0 aliphatic rings. The second-order valence-electron chi connectivity index (χ2n) is 8.30. The molecule has 0 heterocycles. The molecular weight excluding hydrogens is 330 g/mol. The number of aryl methyl sites for hydroxylation is 6. The molecule has 27 heavy (non-hydrogen) atoms. The van der Waals surface area contributed by atoms with Crippen molar-refractivity contribution < 1.29 is 0 Å². The van der Waals surface area contributed by atoms with E-state index in [2.05, 4.69) is 95.6 Å². The van der Waals surface area contributed by atoms with Crippen LogP contribution in [0.15, 0.2) is 24.3 Å². The zero-order valence-electron chi connectivity index (χ0n) is 18.4. The van der Waals surface area contributed by atoms with Gasteiger partial charge in [-0.3, -0.25) is 0 Å². The fourth-order valence-corrected chi connectivity index (χ4v) is 3.93. The molecule has 0 aromatic heterocycles. The lowest BCUT2D eigenvalue weighted by molar-refractivity contribution is 0.596. The van der Waals surface area contributed by atoms with Crippen molar-refractivity contribution in [3.63, 3.8) is 0 Å². The van der Waals surface area contributed by atoms with E-state index >= 15 is 0 Å². The minimum Gasteiger partial charge on any atom is -0.381 e. The highest BCUT2D eigenvalue weighted by molar-refractivity contribution is 5.59. The summed E-state index contributed by atoms with van der Waals surface area (Å²) in [6.07, 6.45) is 0. The van der Waals surface area contributed by atoms with Gasteiger partial charge in [-0.25, -0.2) is 0 Å².